The van der Waals surface area contributed by atoms with Crippen LogP contribution in [0.2, 0.25) is 0 Å². The summed E-state index contributed by atoms with van der Waals surface area (Å²) in [5, 5.41) is 11.3. The number of nitrogens with zero attached hydrogens (tertiary/aromatic N) is 1. The van der Waals surface area contributed by atoms with Gasteiger partial charge in [0.25, 0.3) is 0 Å². The summed E-state index contributed by atoms with van der Waals surface area (Å²) in [6.07, 6.45) is 1.63. The zero-order valence-electron chi connectivity index (χ0n) is 8.75. The van der Waals surface area contributed by atoms with Crippen LogP contribution in [0.3, 0.4) is 0 Å². The van der Waals surface area contributed by atoms with E-state index in [1.807, 2.05) is 0 Å². The minimum atomic E-state index is -0.769. The monoisotopic (exact) mass is 202 g/mol. The predicted octanol–water partition coefficient (Wildman–Crippen LogP) is -0.0809. The highest BCUT2D eigenvalue weighted by Gasteiger charge is 2.02. The average molecular weight is 202 g/mol. The van der Waals surface area contributed by atoms with Crippen LogP contribution in [0.15, 0.2) is 0 Å². The number of hydrogen-bond acceptors (Lipinski definition) is 3. The first-order valence-electron chi connectivity index (χ1n) is 4.66. The molecular formula is C9H18N2O3. The Morgan fingerprint density at radius 2 is 1.93 bits per heavy atom. The van der Waals surface area contributed by atoms with Gasteiger partial charge in [-0.15, -0.1) is 0 Å². The van der Waals surface area contributed by atoms with Crippen LogP contribution in [-0.2, 0) is 9.59 Å². The molecule has 0 bridgehead atoms. The Hall–Kier alpha value is -1.10. The Balaban J connectivity index is 3.22. The molecule has 0 aromatic rings. The van der Waals surface area contributed by atoms with Crippen molar-refractivity contribution in [3.8, 4) is 0 Å². The van der Waals surface area contributed by atoms with Gasteiger partial charge in [-0.25, -0.2) is 0 Å². The Bertz CT molecular complexity index is 192. The number of unbranched alkanes of at least 4 members (excludes halogenated alkanes) is 1. The van der Waals surface area contributed by atoms with Crippen molar-refractivity contribution < 1.29 is 14.7 Å². The van der Waals surface area contributed by atoms with Gasteiger partial charge in [0.15, 0.2) is 0 Å². The topological polar surface area (TPSA) is 69.6 Å². The van der Waals surface area contributed by atoms with E-state index in [0.29, 0.717) is 19.5 Å². The third-order valence-electron chi connectivity index (χ3n) is 1.77. The summed E-state index contributed by atoms with van der Waals surface area (Å²) in [5.41, 5.74) is 0. The van der Waals surface area contributed by atoms with Crippen LogP contribution in [0.1, 0.15) is 19.3 Å². The lowest BCUT2D eigenvalue weighted by Gasteiger charge is -2.10. The molecule has 0 aromatic heterocycles. The zero-order valence-corrected chi connectivity index (χ0v) is 8.75. The lowest BCUT2D eigenvalue weighted by molar-refractivity contribution is -0.137. The number of carboxylic acid groups (broad SMARTS) is 1. The van der Waals surface area contributed by atoms with Gasteiger partial charge in [-0.05, 0) is 19.4 Å². The Morgan fingerprint density at radius 1 is 1.29 bits per heavy atom. The van der Waals surface area contributed by atoms with Gasteiger partial charge in [0.1, 0.15) is 0 Å². The lowest BCUT2D eigenvalue weighted by Crippen LogP contribution is -2.33. The van der Waals surface area contributed by atoms with Crippen molar-refractivity contribution in [1.29, 1.82) is 0 Å². The third kappa shape index (κ3) is 7.54. The normalized spacial score (nSPS) is 9.86. The van der Waals surface area contributed by atoms with Gasteiger partial charge < -0.3 is 15.3 Å². The summed E-state index contributed by atoms with van der Waals surface area (Å²) in [5.74, 6) is -0.738. The number of aliphatic carboxylic acids is 1. The van der Waals surface area contributed by atoms with Crippen molar-refractivity contribution in [2.24, 2.45) is 0 Å². The standard InChI is InChI=1S/C9H18N2O3/c1-11(2)8(12)7-10-6-4-3-5-9(13)14/h10H,3-7H2,1-2H3,(H,13,14). The molecule has 0 saturated carbocycles. The van der Waals surface area contributed by atoms with Crippen LogP contribution in [-0.4, -0.2) is 49.1 Å². The Labute approximate surface area is 84.1 Å². The van der Waals surface area contributed by atoms with E-state index in [9.17, 15) is 9.59 Å². The molecule has 0 radical (unpaired) electrons. The highest BCUT2D eigenvalue weighted by Crippen LogP contribution is 1.93. The molecule has 1 amide bonds. The largest absolute Gasteiger partial charge is 0.481 e. The molecule has 0 fully saturated rings. The number of hydrogen-bond donors (Lipinski definition) is 2. The van der Waals surface area contributed by atoms with Crippen molar-refractivity contribution in [1.82, 2.24) is 10.2 Å². The summed E-state index contributed by atoms with van der Waals surface area (Å²) in [6, 6.07) is 0. The third-order valence-corrected chi connectivity index (χ3v) is 1.77. The number of likely N-dealkylation sites (N-methyl/N-ethyl adjacent to an activating group) is 1. The predicted molar refractivity (Wildman–Crippen MR) is 53.1 cm³/mol. The molecule has 0 aliphatic rings. The summed E-state index contributed by atoms with van der Waals surface area (Å²) >= 11 is 0. The number of rotatable bonds is 7. The van der Waals surface area contributed by atoms with E-state index in [1.54, 1.807) is 14.1 Å². The second-order valence-corrected chi connectivity index (χ2v) is 3.32. The quantitative estimate of drug-likeness (QED) is 0.566. The summed E-state index contributed by atoms with van der Waals surface area (Å²) in [7, 11) is 3.41. The molecule has 5 heteroatoms. The van der Waals surface area contributed by atoms with Crippen LogP contribution >= 0.6 is 0 Å². The average Bonchev–Trinajstić information content (AvgIpc) is 2.09. The molecule has 82 valence electrons. The molecule has 14 heavy (non-hydrogen) atoms. The van der Waals surface area contributed by atoms with E-state index in [0.717, 1.165) is 6.42 Å². The second-order valence-electron chi connectivity index (χ2n) is 3.32. The number of carboxylic acids is 1. The second kappa shape index (κ2) is 7.32. The van der Waals surface area contributed by atoms with E-state index < -0.39 is 5.97 Å². The smallest absolute Gasteiger partial charge is 0.303 e. The highest BCUT2D eigenvalue weighted by molar-refractivity contribution is 5.77. The fraction of sp³-hybridized carbons (Fsp3) is 0.778. The van der Waals surface area contributed by atoms with Gasteiger partial charge in [0, 0.05) is 20.5 Å². The van der Waals surface area contributed by atoms with Crippen molar-refractivity contribution in [3.05, 3.63) is 0 Å². The van der Waals surface area contributed by atoms with Crippen LogP contribution in [0.25, 0.3) is 0 Å². The van der Waals surface area contributed by atoms with Gasteiger partial charge in [-0.2, -0.15) is 0 Å². The molecular weight excluding hydrogens is 184 g/mol. The van der Waals surface area contributed by atoms with Crippen molar-refractivity contribution in [3.63, 3.8) is 0 Å². The summed E-state index contributed by atoms with van der Waals surface area (Å²) < 4.78 is 0. The molecule has 0 unspecified atom stereocenters. The first-order chi connectivity index (χ1) is 6.54. The van der Waals surface area contributed by atoms with E-state index in [4.69, 9.17) is 5.11 Å². The minimum Gasteiger partial charge on any atom is -0.481 e. The maximum Gasteiger partial charge on any atom is 0.303 e. The number of nitrogens with one attached hydrogen (secondary N) is 1. The molecule has 0 aromatic carbocycles. The molecule has 0 aliphatic carbocycles. The van der Waals surface area contributed by atoms with Gasteiger partial charge in [0.05, 0.1) is 6.54 Å². The number of carbonyl (C=O) groups is 2. The van der Waals surface area contributed by atoms with Crippen LogP contribution < -0.4 is 5.32 Å². The molecule has 0 spiro atoms. The Morgan fingerprint density at radius 3 is 2.43 bits per heavy atom. The van der Waals surface area contributed by atoms with Gasteiger partial charge in [-0.1, -0.05) is 0 Å². The maximum absolute atomic E-state index is 11.1. The SMILES string of the molecule is CN(C)C(=O)CNCCCCC(=O)O. The molecule has 5 nitrogen and oxygen atoms in total. The minimum absolute atomic E-state index is 0.0308. The summed E-state index contributed by atoms with van der Waals surface area (Å²) in [4.78, 5) is 22.7. The van der Waals surface area contributed by atoms with Gasteiger partial charge >= 0.3 is 5.97 Å². The molecule has 2 N–H and O–H groups in total. The summed E-state index contributed by atoms with van der Waals surface area (Å²) in [6.45, 7) is 1.01. The van der Waals surface area contributed by atoms with Crippen molar-refractivity contribution in [2.75, 3.05) is 27.2 Å². The molecule has 0 atom stereocenters. The highest BCUT2D eigenvalue weighted by atomic mass is 16.4. The fourth-order valence-electron chi connectivity index (χ4n) is 0.880. The first-order valence-corrected chi connectivity index (χ1v) is 4.66. The van der Waals surface area contributed by atoms with Crippen LogP contribution in [0.5, 0.6) is 0 Å². The van der Waals surface area contributed by atoms with Crippen LogP contribution in [0.4, 0.5) is 0 Å². The lowest BCUT2D eigenvalue weighted by atomic mass is 10.2. The van der Waals surface area contributed by atoms with Gasteiger partial charge in [-0.3, -0.25) is 9.59 Å². The van der Waals surface area contributed by atoms with Crippen LogP contribution in [0, 0.1) is 0 Å². The van der Waals surface area contributed by atoms with Crippen molar-refractivity contribution >= 4 is 11.9 Å². The Kier molecular flexibility index (Phi) is 6.74. The van der Waals surface area contributed by atoms with E-state index >= 15 is 0 Å². The fourth-order valence-corrected chi connectivity index (χ4v) is 0.880. The molecule has 0 saturated heterocycles. The first kappa shape index (κ1) is 12.9. The molecule has 0 rings (SSSR count). The molecule has 0 aliphatic heterocycles. The van der Waals surface area contributed by atoms with E-state index in [-0.39, 0.29) is 12.3 Å². The van der Waals surface area contributed by atoms with E-state index in [2.05, 4.69) is 5.32 Å². The van der Waals surface area contributed by atoms with Crippen molar-refractivity contribution in [2.45, 2.75) is 19.3 Å². The zero-order chi connectivity index (χ0) is 11.0. The van der Waals surface area contributed by atoms with Gasteiger partial charge in [0.2, 0.25) is 5.91 Å². The number of carbonyl (C=O) groups excluding carboxylic acids is 1. The molecule has 0 heterocycles. The maximum atomic E-state index is 11.1. The number of amides is 1. The van der Waals surface area contributed by atoms with E-state index in [1.165, 1.54) is 4.90 Å².